The van der Waals surface area contributed by atoms with E-state index in [2.05, 4.69) is 15.4 Å². The zero-order valence-electron chi connectivity index (χ0n) is 14.9. The summed E-state index contributed by atoms with van der Waals surface area (Å²) in [4.78, 5) is 27.7. The van der Waals surface area contributed by atoms with Crippen molar-refractivity contribution < 1.29 is 19.4 Å². The maximum absolute atomic E-state index is 11.7. The minimum absolute atomic E-state index is 0.0153. The summed E-state index contributed by atoms with van der Waals surface area (Å²) in [5.74, 6) is -0.710. The third kappa shape index (κ3) is 3.11. The Balaban J connectivity index is 1.77. The number of carboxylic acid groups (broad SMARTS) is 1. The second-order valence-electron chi connectivity index (χ2n) is 6.14. The number of nitrogens with zero attached hydrogens (tertiary/aromatic N) is 3. The molecular weight excluding hydrogens is 360 g/mol. The lowest BCUT2D eigenvalue weighted by Crippen LogP contribution is -2.24. The molecule has 0 saturated heterocycles. The molecule has 8 heteroatoms. The van der Waals surface area contributed by atoms with Gasteiger partial charge in [-0.2, -0.15) is 4.98 Å². The fraction of sp³-hybridized carbons (Fsp3) is 0.100. The van der Waals surface area contributed by atoms with Gasteiger partial charge >= 0.3 is 11.9 Å². The maximum Gasteiger partial charge on any atom is 0.352 e. The van der Waals surface area contributed by atoms with Gasteiger partial charge in [0.25, 0.3) is 0 Å². The number of aromatic nitrogens is 3. The number of ether oxygens (including phenoxy) is 1. The van der Waals surface area contributed by atoms with Gasteiger partial charge in [0.15, 0.2) is 5.82 Å². The summed E-state index contributed by atoms with van der Waals surface area (Å²) in [5, 5.41) is 16.8. The van der Waals surface area contributed by atoms with E-state index in [1.165, 1.54) is 7.11 Å². The number of anilines is 1. The van der Waals surface area contributed by atoms with E-state index >= 15 is 0 Å². The first-order valence-corrected chi connectivity index (χ1v) is 8.49. The Kier molecular flexibility index (Phi) is 4.36. The molecule has 140 valence electrons. The summed E-state index contributed by atoms with van der Waals surface area (Å²) in [5.41, 5.74) is 2.01. The highest BCUT2D eigenvalue weighted by atomic mass is 16.5. The van der Waals surface area contributed by atoms with Crippen molar-refractivity contribution in [3.8, 4) is 11.4 Å². The maximum atomic E-state index is 11.7. The van der Waals surface area contributed by atoms with Crippen LogP contribution in [0.3, 0.4) is 0 Å². The van der Waals surface area contributed by atoms with Gasteiger partial charge in [0.1, 0.15) is 11.7 Å². The van der Waals surface area contributed by atoms with E-state index in [1.54, 1.807) is 35.0 Å². The van der Waals surface area contributed by atoms with Crippen LogP contribution in [0.15, 0.2) is 66.4 Å². The van der Waals surface area contributed by atoms with E-state index in [0.29, 0.717) is 17.3 Å². The molecule has 1 aliphatic heterocycles. The summed E-state index contributed by atoms with van der Waals surface area (Å²) in [6.07, 6.45) is 1.56. The molecule has 0 radical (unpaired) electrons. The highest BCUT2D eigenvalue weighted by Crippen LogP contribution is 2.31. The number of rotatable bonds is 4. The number of methoxy groups -OCH3 is 1. The third-order valence-electron chi connectivity index (χ3n) is 4.40. The number of hydrogen-bond donors (Lipinski definition) is 2. The quantitative estimate of drug-likeness (QED) is 0.674. The van der Waals surface area contributed by atoms with Crippen molar-refractivity contribution in [2.24, 2.45) is 0 Å². The molecule has 0 amide bonds. The van der Waals surface area contributed by atoms with Gasteiger partial charge in [-0.25, -0.2) is 14.3 Å². The summed E-state index contributed by atoms with van der Waals surface area (Å²) in [6, 6.07) is 15.7. The highest BCUT2D eigenvalue weighted by molar-refractivity contribution is 5.91. The lowest BCUT2D eigenvalue weighted by molar-refractivity contribution is -0.132. The first kappa shape index (κ1) is 17.5. The molecule has 8 nitrogen and oxygen atoms in total. The molecule has 1 atom stereocenters. The molecule has 1 aromatic heterocycles. The zero-order chi connectivity index (χ0) is 19.7. The van der Waals surface area contributed by atoms with Crippen LogP contribution in [0.4, 0.5) is 5.95 Å². The topological polar surface area (TPSA) is 106 Å². The van der Waals surface area contributed by atoms with E-state index in [9.17, 15) is 14.7 Å². The molecule has 2 aromatic carbocycles. The molecule has 2 N–H and O–H groups in total. The van der Waals surface area contributed by atoms with Crippen LogP contribution >= 0.6 is 0 Å². The predicted molar refractivity (Wildman–Crippen MR) is 101 cm³/mol. The average Bonchev–Trinajstić information content (AvgIpc) is 3.17. The van der Waals surface area contributed by atoms with Crippen LogP contribution in [0.5, 0.6) is 0 Å². The number of hydrogen-bond acceptors (Lipinski definition) is 6. The average molecular weight is 376 g/mol. The number of carbonyl (C=O) groups is 2. The van der Waals surface area contributed by atoms with Crippen molar-refractivity contribution in [1.82, 2.24) is 14.8 Å². The van der Waals surface area contributed by atoms with Gasteiger partial charge in [-0.05, 0) is 23.8 Å². The van der Waals surface area contributed by atoms with Crippen LogP contribution in [0.25, 0.3) is 11.4 Å². The SMILES string of the molecule is COC(=O)c1ccc(C2C=C(C(=O)O)Nc3nc(-c4ccccc4)nn32)cc1. The number of esters is 1. The third-order valence-corrected chi connectivity index (χ3v) is 4.40. The largest absolute Gasteiger partial charge is 0.477 e. The monoisotopic (exact) mass is 376 g/mol. The number of aliphatic carboxylic acids is 1. The zero-order valence-corrected chi connectivity index (χ0v) is 14.9. The molecule has 1 unspecified atom stereocenters. The Morgan fingerprint density at radius 3 is 2.46 bits per heavy atom. The number of carbonyl (C=O) groups excluding carboxylic acids is 1. The van der Waals surface area contributed by atoms with E-state index < -0.39 is 18.0 Å². The molecule has 0 aliphatic carbocycles. The lowest BCUT2D eigenvalue weighted by Gasteiger charge is -2.22. The van der Waals surface area contributed by atoms with Crippen molar-refractivity contribution >= 4 is 17.9 Å². The van der Waals surface area contributed by atoms with Crippen molar-refractivity contribution in [3.63, 3.8) is 0 Å². The standard InChI is InChI=1S/C20H16N4O4/c1-28-19(27)14-9-7-12(8-10-14)16-11-15(18(25)26)21-20-22-17(23-24(16)20)13-5-3-2-4-6-13/h2-11,16H,1H3,(H,25,26)(H,21,22,23). The van der Waals surface area contributed by atoms with Crippen molar-refractivity contribution in [2.45, 2.75) is 6.04 Å². The van der Waals surface area contributed by atoms with Gasteiger partial charge in [-0.1, -0.05) is 42.5 Å². The molecule has 3 aromatic rings. The van der Waals surface area contributed by atoms with E-state index in [0.717, 1.165) is 11.1 Å². The van der Waals surface area contributed by atoms with E-state index in [4.69, 9.17) is 4.74 Å². The molecule has 0 spiro atoms. The van der Waals surface area contributed by atoms with Gasteiger partial charge < -0.3 is 15.2 Å². The van der Waals surface area contributed by atoms with Gasteiger partial charge in [-0.3, -0.25) is 0 Å². The van der Waals surface area contributed by atoms with Gasteiger partial charge in [0.2, 0.25) is 5.95 Å². The summed E-state index contributed by atoms with van der Waals surface area (Å²) >= 11 is 0. The smallest absolute Gasteiger partial charge is 0.352 e. The van der Waals surface area contributed by atoms with Gasteiger partial charge in [0, 0.05) is 5.56 Å². The first-order valence-electron chi connectivity index (χ1n) is 8.49. The van der Waals surface area contributed by atoms with Gasteiger partial charge in [-0.15, -0.1) is 5.10 Å². The molecular formula is C20H16N4O4. The minimum Gasteiger partial charge on any atom is -0.477 e. The van der Waals surface area contributed by atoms with Crippen molar-refractivity contribution in [1.29, 1.82) is 0 Å². The first-order chi connectivity index (χ1) is 13.6. The molecule has 0 fully saturated rings. The number of allylic oxidation sites excluding steroid dienone is 1. The number of benzene rings is 2. The molecule has 1 aliphatic rings. The van der Waals surface area contributed by atoms with Crippen molar-refractivity contribution in [3.05, 3.63) is 77.5 Å². The second-order valence-corrected chi connectivity index (χ2v) is 6.14. The summed E-state index contributed by atoms with van der Waals surface area (Å²) in [6.45, 7) is 0. The van der Waals surface area contributed by atoms with Crippen LogP contribution in [-0.4, -0.2) is 38.9 Å². The number of nitrogens with one attached hydrogen (secondary N) is 1. The second kappa shape index (κ2) is 6.99. The molecule has 2 heterocycles. The van der Waals surface area contributed by atoms with Crippen molar-refractivity contribution in [2.75, 3.05) is 12.4 Å². The van der Waals surface area contributed by atoms with Crippen LogP contribution < -0.4 is 5.32 Å². The lowest BCUT2D eigenvalue weighted by atomic mass is 10.0. The molecule has 0 saturated carbocycles. The van der Waals surface area contributed by atoms with Crippen LogP contribution in [0, 0.1) is 0 Å². The normalized spacial score (nSPS) is 15.2. The van der Waals surface area contributed by atoms with Crippen LogP contribution in [0.2, 0.25) is 0 Å². The minimum atomic E-state index is -1.09. The van der Waals surface area contributed by atoms with Gasteiger partial charge in [0.05, 0.1) is 12.7 Å². The van der Waals surface area contributed by atoms with E-state index in [-0.39, 0.29) is 5.70 Å². The molecule has 0 bridgehead atoms. The Bertz CT molecular complexity index is 1070. The summed E-state index contributed by atoms with van der Waals surface area (Å²) in [7, 11) is 1.32. The Hall–Kier alpha value is -3.94. The Morgan fingerprint density at radius 1 is 1.11 bits per heavy atom. The summed E-state index contributed by atoms with van der Waals surface area (Å²) < 4.78 is 6.34. The predicted octanol–water partition coefficient (Wildman–Crippen LogP) is 2.72. The molecule has 4 rings (SSSR count). The number of carboxylic acids is 1. The molecule has 28 heavy (non-hydrogen) atoms. The number of fused-ring (bicyclic) bond motifs is 1. The Labute approximate surface area is 160 Å². The Morgan fingerprint density at radius 2 is 1.82 bits per heavy atom. The fourth-order valence-corrected chi connectivity index (χ4v) is 3.00. The van der Waals surface area contributed by atoms with Crippen LogP contribution in [-0.2, 0) is 9.53 Å². The van der Waals surface area contributed by atoms with E-state index in [1.807, 2.05) is 30.3 Å². The highest BCUT2D eigenvalue weighted by Gasteiger charge is 2.27. The fourth-order valence-electron chi connectivity index (χ4n) is 3.00. The van der Waals surface area contributed by atoms with Crippen LogP contribution in [0.1, 0.15) is 22.0 Å².